The van der Waals surface area contributed by atoms with Gasteiger partial charge in [-0.15, -0.1) is 0 Å². The van der Waals surface area contributed by atoms with E-state index in [4.69, 9.17) is 0 Å². The van der Waals surface area contributed by atoms with Gasteiger partial charge in [-0.05, 0) is 48.2 Å². The van der Waals surface area contributed by atoms with Crippen molar-refractivity contribution in [2.75, 3.05) is 10.2 Å². The predicted octanol–water partition coefficient (Wildman–Crippen LogP) is 3.59. The van der Waals surface area contributed by atoms with Crippen LogP contribution in [0, 0.1) is 0 Å². The number of para-hydroxylation sites is 1. The van der Waals surface area contributed by atoms with Crippen LogP contribution in [0.3, 0.4) is 0 Å². The van der Waals surface area contributed by atoms with Crippen LogP contribution >= 0.6 is 11.8 Å². The quantitative estimate of drug-likeness (QED) is 0.823. The number of imide groups is 1. The van der Waals surface area contributed by atoms with Gasteiger partial charge in [-0.3, -0.25) is 14.4 Å². The van der Waals surface area contributed by atoms with Crippen LogP contribution in [-0.2, 0) is 9.59 Å². The number of carbonyl (C=O) groups excluding carboxylic acids is 3. The molecule has 6 nitrogen and oxygen atoms in total. The van der Waals surface area contributed by atoms with Gasteiger partial charge in [0.05, 0.1) is 10.6 Å². The lowest BCUT2D eigenvalue weighted by Crippen LogP contribution is -2.27. The highest BCUT2D eigenvalue weighted by molar-refractivity contribution is 8.19. The minimum Gasteiger partial charge on any atom is -0.507 e. The molecule has 0 aromatic heterocycles. The molecule has 0 aliphatic carbocycles. The van der Waals surface area contributed by atoms with Crippen molar-refractivity contribution in [1.82, 2.24) is 0 Å². The lowest BCUT2D eigenvalue weighted by molar-refractivity contribution is -0.114. The second kappa shape index (κ2) is 6.82. The van der Waals surface area contributed by atoms with Crippen LogP contribution in [0.4, 0.5) is 16.2 Å². The number of phenols is 1. The largest absolute Gasteiger partial charge is 0.507 e. The van der Waals surface area contributed by atoms with Crippen LogP contribution in [0.15, 0.2) is 53.4 Å². The number of hydrogen-bond acceptors (Lipinski definition) is 5. The third-order valence-electron chi connectivity index (χ3n) is 3.46. The van der Waals surface area contributed by atoms with Crippen LogP contribution in [0.5, 0.6) is 5.75 Å². The first-order chi connectivity index (χ1) is 12.0. The maximum absolute atomic E-state index is 12.6. The summed E-state index contributed by atoms with van der Waals surface area (Å²) in [6.07, 6.45) is 1.49. The molecule has 0 atom stereocenters. The fourth-order valence-electron chi connectivity index (χ4n) is 2.34. The fraction of sp³-hybridized carbons (Fsp3) is 0.0556. The van der Waals surface area contributed by atoms with Gasteiger partial charge in [-0.1, -0.05) is 18.2 Å². The lowest BCUT2D eigenvalue weighted by atomic mass is 10.2. The van der Waals surface area contributed by atoms with E-state index >= 15 is 0 Å². The summed E-state index contributed by atoms with van der Waals surface area (Å²) >= 11 is 0.813. The van der Waals surface area contributed by atoms with E-state index in [1.54, 1.807) is 42.5 Å². The minimum atomic E-state index is -0.453. The number of thioether (sulfide) groups is 1. The number of hydrogen-bond donors (Lipinski definition) is 2. The van der Waals surface area contributed by atoms with Crippen LogP contribution in [0.25, 0.3) is 6.08 Å². The number of benzene rings is 2. The fourth-order valence-corrected chi connectivity index (χ4v) is 3.17. The normalized spacial score (nSPS) is 15.7. The molecule has 0 saturated carbocycles. The van der Waals surface area contributed by atoms with Crippen molar-refractivity contribution in [3.8, 4) is 5.75 Å². The third kappa shape index (κ3) is 3.56. The molecule has 126 valence electrons. The number of nitrogens with one attached hydrogen (secondary N) is 1. The number of aromatic hydroxyl groups is 1. The second-order valence-electron chi connectivity index (χ2n) is 5.30. The first-order valence-corrected chi connectivity index (χ1v) is 8.21. The molecule has 0 bridgehead atoms. The van der Waals surface area contributed by atoms with E-state index < -0.39 is 11.1 Å². The number of carbonyl (C=O) groups is 3. The highest BCUT2D eigenvalue weighted by atomic mass is 32.2. The van der Waals surface area contributed by atoms with E-state index in [0.29, 0.717) is 16.9 Å². The molecule has 1 aliphatic rings. The Bertz CT molecular complexity index is 890. The van der Waals surface area contributed by atoms with Gasteiger partial charge >= 0.3 is 0 Å². The van der Waals surface area contributed by atoms with Gasteiger partial charge in [-0.2, -0.15) is 0 Å². The summed E-state index contributed by atoms with van der Waals surface area (Å²) in [7, 11) is 0. The summed E-state index contributed by atoms with van der Waals surface area (Å²) in [5, 5.41) is 12.0. The Balaban J connectivity index is 1.87. The van der Waals surface area contributed by atoms with Crippen LogP contribution in [-0.4, -0.2) is 22.2 Å². The minimum absolute atomic E-state index is 0.0361. The van der Waals surface area contributed by atoms with Gasteiger partial charge < -0.3 is 10.4 Å². The summed E-state index contributed by atoms with van der Waals surface area (Å²) in [6, 6.07) is 13.0. The van der Waals surface area contributed by atoms with Crippen molar-refractivity contribution in [2.45, 2.75) is 6.92 Å². The van der Waals surface area contributed by atoms with E-state index in [0.717, 1.165) is 16.7 Å². The summed E-state index contributed by atoms with van der Waals surface area (Å²) in [4.78, 5) is 37.1. The van der Waals surface area contributed by atoms with Gasteiger partial charge in [-0.25, -0.2) is 4.90 Å². The Morgan fingerprint density at radius 2 is 1.80 bits per heavy atom. The number of amides is 3. The van der Waals surface area contributed by atoms with Crippen molar-refractivity contribution >= 4 is 46.3 Å². The topological polar surface area (TPSA) is 86.7 Å². The molecular formula is C18H14N2O4S. The molecule has 2 aromatic carbocycles. The SMILES string of the molecule is CC(=O)Nc1ccc(N2C(=O)S/C(=C\c3ccccc3O)C2=O)cc1. The highest BCUT2D eigenvalue weighted by Gasteiger charge is 2.36. The molecule has 1 aliphatic heterocycles. The molecule has 3 amide bonds. The van der Waals surface area contributed by atoms with E-state index in [9.17, 15) is 19.5 Å². The van der Waals surface area contributed by atoms with Crippen molar-refractivity contribution in [3.05, 3.63) is 59.0 Å². The van der Waals surface area contributed by atoms with Gasteiger partial charge in [0, 0.05) is 18.2 Å². The monoisotopic (exact) mass is 354 g/mol. The first kappa shape index (κ1) is 16.8. The Morgan fingerprint density at radius 1 is 1.12 bits per heavy atom. The molecule has 0 unspecified atom stereocenters. The van der Waals surface area contributed by atoms with E-state index in [1.807, 2.05) is 0 Å². The van der Waals surface area contributed by atoms with Crippen LogP contribution in [0.2, 0.25) is 0 Å². The molecule has 2 N–H and O–H groups in total. The van der Waals surface area contributed by atoms with Gasteiger partial charge in [0.1, 0.15) is 5.75 Å². The first-order valence-electron chi connectivity index (χ1n) is 7.39. The zero-order valence-corrected chi connectivity index (χ0v) is 14.0. The van der Waals surface area contributed by atoms with Gasteiger partial charge in [0.2, 0.25) is 5.91 Å². The predicted molar refractivity (Wildman–Crippen MR) is 97.3 cm³/mol. The number of rotatable bonds is 3. The summed E-state index contributed by atoms with van der Waals surface area (Å²) in [5.41, 5.74) is 1.46. The maximum atomic E-state index is 12.6. The second-order valence-corrected chi connectivity index (χ2v) is 6.30. The zero-order valence-electron chi connectivity index (χ0n) is 13.2. The molecule has 1 heterocycles. The molecule has 0 spiro atoms. The number of nitrogens with zero attached hydrogens (tertiary/aromatic N) is 1. The highest BCUT2D eigenvalue weighted by Crippen LogP contribution is 2.36. The van der Waals surface area contributed by atoms with Gasteiger partial charge in [0.25, 0.3) is 11.1 Å². The number of phenolic OH excluding ortho intramolecular Hbond substituents is 1. The molecule has 7 heteroatoms. The van der Waals surface area contributed by atoms with Crippen molar-refractivity contribution in [1.29, 1.82) is 0 Å². The van der Waals surface area contributed by atoms with E-state index in [-0.39, 0.29) is 16.6 Å². The Kier molecular flexibility index (Phi) is 4.58. The smallest absolute Gasteiger partial charge is 0.298 e. The van der Waals surface area contributed by atoms with E-state index in [1.165, 1.54) is 19.1 Å². The van der Waals surface area contributed by atoms with Crippen molar-refractivity contribution < 1.29 is 19.5 Å². The van der Waals surface area contributed by atoms with Crippen molar-refractivity contribution in [2.24, 2.45) is 0 Å². The summed E-state index contributed by atoms with van der Waals surface area (Å²) in [5.74, 6) is -0.621. The summed E-state index contributed by atoms with van der Waals surface area (Å²) < 4.78 is 0. The van der Waals surface area contributed by atoms with Crippen molar-refractivity contribution in [3.63, 3.8) is 0 Å². The molecule has 1 fully saturated rings. The number of anilines is 2. The molecule has 25 heavy (non-hydrogen) atoms. The van der Waals surface area contributed by atoms with Gasteiger partial charge in [0.15, 0.2) is 0 Å². The standard InChI is InChI=1S/C18H14N2O4S/c1-11(21)19-13-6-8-14(9-7-13)20-17(23)16(25-18(20)24)10-12-4-2-3-5-15(12)22/h2-10,22H,1H3,(H,19,21)/b16-10-. The zero-order chi connectivity index (χ0) is 18.0. The lowest BCUT2D eigenvalue weighted by Gasteiger charge is -2.13. The van der Waals surface area contributed by atoms with E-state index in [2.05, 4.69) is 5.32 Å². The molecule has 3 rings (SSSR count). The third-order valence-corrected chi connectivity index (χ3v) is 4.33. The Labute approximate surface area is 148 Å². The maximum Gasteiger partial charge on any atom is 0.298 e. The van der Waals surface area contributed by atoms with Crippen LogP contribution < -0.4 is 10.2 Å². The summed E-state index contributed by atoms with van der Waals surface area (Å²) in [6.45, 7) is 1.40. The molecular weight excluding hydrogens is 340 g/mol. The van der Waals surface area contributed by atoms with Crippen LogP contribution in [0.1, 0.15) is 12.5 Å². The molecule has 1 saturated heterocycles. The molecule has 2 aromatic rings. The average molecular weight is 354 g/mol. The molecule has 0 radical (unpaired) electrons. The average Bonchev–Trinajstić information content (AvgIpc) is 2.84. The Hall–Kier alpha value is -3.06. The Morgan fingerprint density at radius 3 is 2.44 bits per heavy atom.